The Morgan fingerprint density at radius 3 is 2.25 bits per heavy atom. The van der Waals surface area contributed by atoms with E-state index in [9.17, 15) is 9.59 Å². The van der Waals surface area contributed by atoms with Gasteiger partial charge < -0.3 is 14.8 Å². The van der Waals surface area contributed by atoms with Gasteiger partial charge in [0.15, 0.2) is 6.61 Å². The number of anilines is 1. The maximum atomic E-state index is 11.8. The van der Waals surface area contributed by atoms with Crippen LogP contribution in [0.5, 0.6) is 11.5 Å². The molecule has 0 atom stereocenters. The minimum atomic E-state index is -0.639. The summed E-state index contributed by atoms with van der Waals surface area (Å²) < 4.78 is 11.8. The SMILES string of the molecule is COc1ccc(NC(=O)NC(=O)COc2c(Br)cccc2Br)cc1. The van der Waals surface area contributed by atoms with Gasteiger partial charge in [-0.3, -0.25) is 10.1 Å². The molecule has 0 heterocycles. The van der Waals surface area contributed by atoms with Crippen LogP contribution in [0.15, 0.2) is 51.4 Å². The number of ether oxygens (including phenoxy) is 2. The number of carbonyl (C=O) groups excluding carboxylic acids is 2. The minimum Gasteiger partial charge on any atom is -0.497 e. The molecule has 2 N–H and O–H groups in total. The van der Waals surface area contributed by atoms with Crippen LogP contribution in [-0.4, -0.2) is 25.7 Å². The quantitative estimate of drug-likeness (QED) is 0.712. The minimum absolute atomic E-state index is 0.294. The first-order valence-corrected chi connectivity index (χ1v) is 8.40. The lowest BCUT2D eigenvalue weighted by Crippen LogP contribution is -2.37. The van der Waals surface area contributed by atoms with E-state index in [1.807, 2.05) is 6.07 Å². The fourth-order valence-electron chi connectivity index (χ4n) is 1.76. The van der Waals surface area contributed by atoms with Crippen molar-refractivity contribution in [1.82, 2.24) is 5.32 Å². The highest BCUT2D eigenvalue weighted by atomic mass is 79.9. The van der Waals surface area contributed by atoms with Gasteiger partial charge in [0.1, 0.15) is 11.5 Å². The monoisotopic (exact) mass is 456 g/mol. The largest absolute Gasteiger partial charge is 0.497 e. The molecular formula is C16H14Br2N2O4. The highest BCUT2D eigenvalue weighted by molar-refractivity contribution is 9.11. The number of hydrogen-bond donors (Lipinski definition) is 2. The van der Waals surface area contributed by atoms with Crippen LogP contribution in [0, 0.1) is 0 Å². The number of urea groups is 1. The number of rotatable bonds is 5. The van der Waals surface area contributed by atoms with Crippen molar-refractivity contribution in [3.05, 3.63) is 51.4 Å². The lowest BCUT2D eigenvalue weighted by molar-refractivity contribution is -0.121. The molecule has 2 aromatic carbocycles. The van der Waals surface area contributed by atoms with E-state index in [1.54, 1.807) is 43.5 Å². The van der Waals surface area contributed by atoms with Crippen molar-refractivity contribution in [1.29, 1.82) is 0 Å². The number of carbonyl (C=O) groups is 2. The van der Waals surface area contributed by atoms with Gasteiger partial charge in [-0.2, -0.15) is 0 Å². The Hall–Kier alpha value is -2.06. The first-order valence-electron chi connectivity index (χ1n) is 6.81. The topological polar surface area (TPSA) is 76.7 Å². The molecule has 8 heteroatoms. The Morgan fingerprint density at radius 1 is 1.04 bits per heavy atom. The third-order valence-electron chi connectivity index (χ3n) is 2.87. The molecule has 126 valence electrons. The molecule has 0 bridgehead atoms. The third-order valence-corrected chi connectivity index (χ3v) is 4.12. The fourth-order valence-corrected chi connectivity index (χ4v) is 2.98. The summed E-state index contributed by atoms with van der Waals surface area (Å²) in [6.07, 6.45) is 0. The number of imide groups is 1. The summed E-state index contributed by atoms with van der Waals surface area (Å²) in [5, 5.41) is 4.73. The van der Waals surface area contributed by atoms with E-state index >= 15 is 0 Å². The zero-order valence-electron chi connectivity index (χ0n) is 12.6. The summed E-state index contributed by atoms with van der Waals surface area (Å²) in [7, 11) is 1.55. The Balaban J connectivity index is 1.84. The summed E-state index contributed by atoms with van der Waals surface area (Å²) >= 11 is 6.66. The molecule has 0 fully saturated rings. The first-order chi connectivity index (χ1) is 11.5. The molecule has 0 aliphatic carbocycles. The van der Waals surface area contributed by atoms with Crippen molar-refractivity contribution >= 4 is 49.5 Å². The first kappa shape index (κ1) is 18.3. The van der Waals surface area contributed by atoms with Crippen molar-refractivity contribution < 1.29 is 19.1 Å². The lowest BCUT2D eigenvalue weighted by Gasteiger charge is -2.10. The molecule has 0 saturated carbocycles. The highest BCUT2D eigenvalue weighted by Crippen LogP contribution is 2.32. The van der Waals surface area contributed by atoms with Gasteiger partial charge in [-0.15, -0.1) is 0 Å². The van der Waals surface area contributed by atoms with Crippen molar-refractivity contribution in [2.45, 2.75) is 0 Å². The van der Waals surface area contributed by atoms with Gasteiger partial charge in [-0.05, 0) is 68.3 Å². The molecule has 0 unspecified atom stereocenters. The predicted molar refractivity (Wildman–Crippen MR) is 97.5 cm³/mol. The van der Waals surface area contributed by atoms with Crippen LogP contribution in [-0.2, 0) is 4.79 Å². The normalized spacial score (nSPS) is 9.96. The van der Waals surface area contributed by atoms with E-state index in [1.165, 1.54) is 0 Å². The van der Waals surface area contributed by atoms with E-state index < -0.39 is 11.9 Å². The number of amides is 3. The molecule has 0 saturated heterocycles. The zero-order chi connectivity index (χ0) is 17.5. The van der Waals surface area contributed by atoms with Crippen molar-refractivity contribution in [3.63, 3.8) is 0 Å². The predicted octanol–water partition coefficient (Wildman–Crippen LogP) is 3.95. The number of hydrogen-bond acceptors (Lipinski definition) is 4. The van der Waals surface area contributed by atoms with Crippen LogP contribution in [0.3, 0.4) is 0 Å². The van der Waals surface area contributed by atoms with Gasteiger partial charge in [-0.1, -0.05) is 6.07 Å². The van der Waals surface area contributed by atoms with Gasteiger partial charge in [0.2, 0.25) is 0 Å². The molecule has 0 aromatic heterocycles. The number of nitrogens with one attached hydrogen (secondary N) is 2. The van der Waals surface area contributed by atoms with Crippen LogP contribution in [0.1, 0.15) is 0 Å². The molecule has 0 spiro atoms. The Bertz CT molecular complexity index is 715. The maximum Gasteiger partial charge on any atom is 0.325 e. The van der Waals surface area contributed by atoms with Gasteiger partial charge in [-0.25, -0.2) is 4.79 Å². The van der Waals surface area contributed by atoms with Crippen LogP contribution in [0.4, 0.5) is 10.5 Å². The highest BCUT2D eigenvalue weighted by Gasteiger charge is 2.11. The number of halogens is 2. The van der Waals surface area contributed by atoms with Crippen LogP contribution in [0.25, 0.3) is 0 Å². The van der Waals surface area contributed by atoms with E-state index in [2.05, 4.69) is 42.5 Å². The second-order valence-electron chi connectivity index (χ2n) is 4.57. The summed E-state index contributed by atoms with van der Waals surface area (Å²) in [6.45, 7) is -0.294. The summed E-state index contributed by atoms with van der Waals surface area (Å²) in [6, 6.07) is 11.5. The molecule has 6 nitrogen and oxygen atoms in total. The third kappa shape index (κ3) is 5.24. The van der Waals surface area contributed by atoms with Crippen LogP contribution >= 0.6 is 31.9 Å². The number of methoxy groups -OCH3 is 1. The Kier molecular flexibility index (Phi) is 6.62. The van der Waals surface area contributed by atoms with E-state index in [0.29, 0.717) is 26.1 Å². The second kappa shape index (κ2) is 8.70. The summed E-state index contributed by atoms with van der Waals surface area (Å²) in [5.41, 5.74) is 0.538. The number of para-hydroxylation sites is 1. The molecular weight excluding hydrogens is 444 g/mol. The van der Waals surface area contributed by atoms with E-state index in [0.717, 1.165) is 0 Å². The average molecular weight is 458 g/mol. The second-order valence-corrected chi connectivity index (χ2v) is 6.28. The molecule has 0 radical (unpaired) electrons. The Morgan fingerprint density at radius 2 is 1.67 bits per heavy atom. The zero-order valence-corrected chi connectivity index (χ0v) is 15.8. The fraction of sp³-hybridized carbons (Fsp3) is 0.125. The molecule has 24 heavy (non-hydrogen) atoms. The molecule has 2 aromatic rings. The maximum absolute atomic E-state index is 11.8. The van der Waals surface area contributed by atoms with Gasteiger partial charge >= 0.3 is 6.03 Å². The van der Waals surface area contributed by atoms with E-state index in [4.69, 9.17) is 9.47 Å². The Labute approximate surface area is 155 Å². The molecule has 2 rings (SSSR count). The van der Waals surface area contributed by atoms with E-state index in [-0.39, 0.29) is 6.61 Å². The smallest absolute Gasteiger partial charge is 0.325 e. The van der Waals surface area contributed by atoms with Gasteiger partial charge in [0.25, 0.3) is 5.91 Å². The molecule has 0 aliphatic heterocycles. The van der Waals surface area contributed by atoms with Crippen molar-refractivity contribution in [2.75, 3.05) is 19.0 Å². The summed E-state index contributed by atoms with van der Waals surface area (Å²) in [5.74, 6) is 0.594. The molecule has 3 amide bonds. The lowest BCUT2D eigenvalue weighted by atomic mass is 10.3. The number of benzene rings is 2. The standard InChI is InChI=1S/C16H14Br2N2O4/c1-23-11-7-5-10(6-8-11)19-16(22)20-14(21)9-24-15-12(17)3-2-4-13(15)18/h2-8H,9H2,1H3,(H2,19,20,21,22). The van der Waals surface area contributed by atoms with Crippen LogP contribution < -0.4 is 20.1 Å². The van der Waals surface area contributed by atoms with Crippen molar-refractivity contribution in [2.24, 2.45) is 0 Å². The van der Waals surface area contributed by atoms with Gasteiger partial charge in [0.05, 0.1) is 16.1 Å². The summed E-state index contributed by atoms with van der Waals surface area (Å²) in [4.78, 5) is 23.6. The van der Waals surface area contributed by atoms with Gasteiger partial charge in [0, 0.05) is 5.69 Å². The van der Waals surface area contributed by atoms with Crippen molar-refractivity contribution in [3.8, 4) is 11.5 Å². The molecule has 0 aliphatic rings. The van der Waals surface area contributed by atoms with Crippen LogP contribution in [0.2, 0.25) is 0 Å². The average Bonchev–Trinajstić information content (AvgIpc) is 2.55.